The van der Waals surface area contributed by atoms with Gasteiger partial charge in [-0.15, -0.1) is 37.7 Å². The van der Waals surface area contributed by atoms with Crippen molar-refractivity contribution in [3.63, 3.8) is 0 Å². The van der Waals surface area contributed by atoms with Crippen molar-refractivity contribution in [2.75, 3.05) is 0 Å². The Labute approximate surface area is 218 Å². The van der Waals surface area contributed by atoms with E-state index in [0.717, 1.165) is 12.8 Å². The minimum atomic E-state index is -1.07. The molecule has 2 aliphatic rings. The van der Waals surface area contributed by atoms with Gasteiger partial charge in [0, 0.05) is 16.1 Å². The molecule has 0 saturated carbocycles. The summed E-state index contributed by atoms with van der Waals surface area (Å²) in [5, 5.41) is 3.07. The first kappa shape index (κ1) is 41.2. The fourth-order valence-electron chi connectivity index (χ4n) is 2.96. The van der Waals surface area contributed by atoms with E-state index in [1.807, 2.05) is 26.8 Å². The number of rotatable bonds is 6. The van der Waals surface area contributed by atoms with Gasteiger partial charge in [0.05, 0.1) is 0 Å². The van der Waals surface area contributed by atoms with Crippen LogP contribution >= 0.6 is 24.8 Å². The van der Waals surface area contributed by atoms with Crippen molar-refractivity contribution in [1.82, 2.24) is 0 Å². The predicted molar refractivity (Wildman–Crippen MR) is 151 cm³/mol. The van der Waals surface area contributed by atoms with E-state index < -0.39 is 16.1 Å². The van der Waals surface area contributed by atoms with Crippen molar-refractivity contribution in [3.05, 3.63) is 60.7 Å². The minimum absolute atomic E-state index is 0. The molecule has 178 valence electrons. The fraction of sp³-hybridized carbons (Fsp3) is 0.583. The average Bonchev–Trinajstić information content (AvgIpc) is 3.19. The molecule has 2 aliphatic carbocycles. The van der Waals surface area contributed by atoms with Crippen LogP contribution in [0.2, 0.25) is 39.3 Å². The number of halogens is 2. The SMILES string of the molecule is CCCC1=CC([Si](C)(C)C)=[C-]C1.CCCC1=CC([Si](C)(C)C)=[C-]C1.Cl.Cl.[CH3-].[CH3-].[SiH2]=[Ti]. The van der Waals surface area contributed by atoms with Crippen molar-refractivity contribution < 1.29 is 19.2 Å². The normalized spacial score (nSPS) is 14.2. The third kappa shape index (κ3) is 16.5. The molecule has 0 nitrogen and oxygen atoms in total. The summed E-state index contributed by atoms with van der Waals surface area (Å²) in [7, 11) is -0.271. The van der Waals surface area contributed by atoms with E-state index in [-0.39, 0.29) is 39.7 Å². The van der Waals surface area contributed by atoms with Crippen LogP contribution in [0.25, 0.3) is 0 Å². The van der Waals surface area contributed by atoms with Crippen LogP contribution in [-0.2, 0) is 19.2 Å². The van der Waals surface area contributed by atoms with Crippen LogP contribution in [0, 0.1) is 27.0 Å². The molecule has 0 bridgehead atoms. The summed E-state index contributed by atoms with van der Waals surface area (Å²) in [6, 6.07) is 0. The van der Waals surface area contributed by atoms with Gasteiger partial charge >= 0.3 is 26.8 Å². The Hall–Kier alpha value is 0.905. The van der Waals surface area contributed by atoms with Gasteiger partial charge in [0.2, 0.25) is 0 Å². The first-order chi connectivity index (χ1) is 12.1. The second kappa shape index (κ2) is 20.5. The van der Waals surface area contributed by atoms with Crippen molar-refractivity contribution in [3.8, 4) is 0 Å². The van der Waals surface area contributed by atoms with Gasteiger partial charge in [-0.05, 0) is 12.8 Å². The van der Waals surface area contributed by atoms with Gasteiger partial charge in [0.15, 0.2) is 0 Å². The van der Waals surface area contributed by atoms with Gasteiger partial charge in [-0.3, -0.25) is 12.2 Å². The van der Waals surface area contributed by atoms with E-state index in [1.54, 1.807) is 11.1 Å². The Morgan fingerprint density at radius 2 is 1.00 bits per heavy atom. The van der Waals surface area contributed by atoms with Gasteiger partial charge in [-0.2, -0.15) is 11.1 Å². The van der Waals surface area contributed by atoms with Crippen LogP contribution in [0.3, 0.4) is 0 Å². The van der Waals surface area contributed by atoms with Crippen LogP contribution in [-0.4, -0.2) is 23.8 Å². The van der Waals surface area contributed by atoms with Gasteiger partial charge in [-0.25, -0.2) is 22.5 Å². The Bertz CT molecular complexity index is 516. The van der Waals surface area contributed by atoms with Crippen LogP contribution < -0.4 is 0 Å². The molecule has 0 saturated heterocycles. The molecule has 0 aromatic carbocycles. The molecule has 0 atom stereocenters. The molecule has 6 heteroatoms. The fourth-order valence-corrected chi connectivity index (χ4v) is 5.47. The first-order valence-electron chi connectivity index (χ1n) is 10.0. The number of hydrogen-bond acceptors (Lipinski definition) is 0. The maximum atomic E-state index is 3.52. The Kier molecular flexibility index (Phi) is 28.2. The Morgan fingerprint density at radius 3 is 1.17 bits per heavy atom. The van der Waals surface area contributed by atoms with Crippen molar-refractivity contribution >= 4 is 48.6 Å². The van der Waals surface area contributed by atoms with E-state index >= 15 is 0 Å². The quantitative estimate of drug-likeness (QED) is 0.235. The van der Waals surface area contributed by atoms with E-state index in [2.05, 4.69) is 77.4 Å². The molecule has 0 heterocycles. The maximum absolute atomic E-state index is 3.52. The molecule has 0 radical (unpaired) electrons. The Morgan fingerprint density at radius 1 is 0.733 bits per heavy atom. The zero-order chi connectivity index (χ0) is 20.4. The topological polar surface area (TPSA) is 0 Å². The van der Waals surface area contributed by atoms with Crippen molar-refractivity contribution in [2.24, 2.45) is 0 Å². The van der Waals surface area contributed by atoms with Crippen molar-refractivity contribution in [2.45, 2.75) is 91.7 Å². The summed E-state index contributed by atoms with van der Waals surface area (Å²) in [5.41, 5.74) is 3.19. The third-order valence-electron chi connectivity index (χ3n) is 4.47. The molecule has 30 heavy (non-hydrogen) atoms. The number of hydrogen-bond donors (Lipinski definition) is 0. The average molecular weight is 540 g/mol. The van der Waals surface area contributed by atoms with Crippen LogP contribution in [0.15, 0.2) is 33.7 Å². The molecule has 0 aliphatic heterocycles. The zero-order valence-electron chi connectivity index (χ0n) is 21.4. The summed E-state index contributed by atoms with van der Waals surface area (Å²) in [4.78, 5) is 0. The molecule has 0 aromatic heterocycles. The van der Waals surface area contributed by atoms with Crippen LogP contribution in [0.5, 0.6) is 0 Å². The van der Waals surface area contributed by atoms with E-state index in [0.29, 0.717) is 0 Å². The summed E-state index contributed by atoms with van der Waals surface area (Å²) < 4.78 is 0. The van der Waals surface area contributed by atoms with E-state index in [4.69, 9.17) is 0 Å². The van der Waals surface area contributed by atoms with Gasteiger partial charge in [-0.1, -0.05) is 66.0 Å². The molecule has 0 unspecified atom stereocenters. The van der Waals surface area contributed by atoms with E-state index in [1.165, 1.54) is 36.1 Å². The predicted octanol–water partition coefficient (Wildman–Crippen LogP) is 8.27. The van der Waals surface area contributed by atoms with Gasteiger partial charge in [0.1, 0.15) is 0 Å². The van der Waals surface area contributed by atoms with Gasteiger partial charge in [0.25, 0.3) is 0 Å². The van der Waals surface area contributed by atoms with Crippen LogP contribution in [0.4, 0.5) is 0 Å². The molecule has 0 spiro atoms. The molecule has 0 N–H and O–H groups in total. The van der Waals surface area contributed by atoms with E-state index in [9.17, 15) is 0 Å². The molecule has 2 rings (SSSR count). The second-order valence-corrected chi connectivity index (χ2v) is 19.2. The molecular weight excluding hydrogens is 491 g/mol. The summed E-state index contributed by atoms with van der Waals surface area (Å²) in [5.74, 6) is 0. The summed E-state index contributed by atoms with van der Waals surface area (Å²) in [6.07, 6.45) is 19.1. The van der Waals surface area contributed by atoms with Crippen LogP contribution in [0.1, 0.15) is 52.4 Å². The Balaban J connectivity index is -0.000000114. The summed E-state index contributed by atoms with van der Waals surface area (Å²) >= 11 is 2.03. The molecular formula is C24H48Cl2Si3Ti-4. The third-order valence-corrected chi connectivity index (χ3v) is 8.34. The standard InChI is InChI=1S/2C11H19Si.2CH3.2ClH.H2Si.Ti/c2*1-5-6-10-7-8-11(9-10)12(2,3)4;;;;;;/h2*9H,5-7H2,1-4H3;2*1H3;2*1H;1H2;/q4*-1;;;;. The van der Waals surface area contributed by atoms with Gasteiger partial charge < -0.3 is 14.9 Å². The first-order valence-corrected chi connectivity index (χ1v) is 21.1. The summed E-state index contributed by atoms with van der Waals surface area (Å²) in [6.45, 7) is 18.8. The zero-order valence-corrected chi connectivity index (χ0v) is 28.0. The monoisotopic (exact) mass is 538 g/mol. The number of allylic oxidation sites excluding steroid dienone is 8. The molecule has 0 fully saturated rings. The molecule has 0 aromatic rings. The second-order valence-electron chi connectivity index (χ2n) is 9.14. The van der Waals surface area contributed by atoms with Crippen molar-refractivity contribution in [1.29, 1.82) is 0 Å². The molecule has 0 amide bonds.